The minimum atomic E-state index is 1.05. The predicted octanol–water partition coefficient (Wildman–Crippen LogP) is 5.33. The highest BCUT2D eigenvalue weighted by molar-refractivity contribution is 7.11. The van der Waals surface area contributed by atoms with Gasteiger partial charge in [0.05, 0.1) is 5.52 Å². The van der Waals surface area contributed by atoms with E-state index in [1.807, 2.05) is 11.3 Å². The summed E-state index contributed by atoms with van der Waals surface area (Å²) in [5, 5.41) is 3.65. The first kappa shape index (κ1) is 15.7. The molecule has 0 N–H and O–H groups in total. The summed E-state index contributed by atoms with van der Waals surface area (Å²) in [7, 11) is 2.22. The summed E-state index contributed by atoms with van der Waals surface area (Å²) in [5.74, 6) is 0. The van der Waals surface area contributed by atoms with Gasteiger partial charge in [-0.05, 0) is 68.1 Å². The van der Waals surface area contributed by atoms with Gasteiger partial charge in [-0.25, -0.2) is 0 Å². The van der Waals surface area contributed by atoms with Gasteiger partial charge in [0.25, 0.3) is 0 Å². The Kier molecular flexibility index (Phi) is 3.86. The molecule has 0 amide bonds. The second-order valence-electron chi connectivity index (χ2n) is 7.10. The van der Waals surface area contributed by atoms with Crippen molar-refractivity contribution in [3.05, 3.63) is 56.9 Å². The van der Waals surface area contributed by atoms with Crippen molar-refractivity contribution in [2.24, 2.45) is 0 Å². The van der Waals surface area contributed by atoms with Gasteiger partial charge in [0, 0.05) is 41.7 Å². The summed E-state index contributed by atoms with van der Waals surface area (Å²) in [4.78, 5) is 3.79. The number of allylic oxidation sites excluding steroid dienone is 1. The summed E-state index contributed by atoms with van der Waals surface area (Å²) < 4.78 is 2.45. The van der Waals surface area contributed by atoms with Crippen LogP contribution in [-0.4, -0.2) is 23.1 Å². The van der Waals surface area contributed by atoms with Crippen LogP contribution in [0.1, 0.15) is 34.2 Å². The third kappa shape index (κ3) is 2.62. The molecule has 0 radical (unpaired) electrons. The number of aryl methyl sites for hydroxylation is 2. The lowest BCUT2D eigenvalue weighted by Gasteiger charge is -2.23. The molecule has 0 spiro atoms. The summed E-state index contributed by atoms with van der Waals surface area (Å²) in [6.45, 7) is 8.76. The van der Waals surface area contributed by atoms with Crippen molar-refractivity contribution in [1.82, 2.24) is 9.47 Å². The van der Waals surface area contributed by atoms with Crippen LogP contribution in [0.5, 0.6) is 0 Å². The van der Waals surface area contributed by atoms with E-state index in [1.165, 1.54) is 43.7 Å². The molecule has 0 saturated carbocycles. The Bertz CT molecular complexity index is 942. The van der Waals surface area contributed by atoms with Crippen molar-refractivity contribution in [1.29, 1.82) is 0 Å². The minimum absolute atomic E-state index is 1.05. The van der Waals surface area contributed by atoms with Crippen LogP contribution in [0.15, 0.2) is 29.6 Å². The molecule has 24 heavy (non-hydrogen) atoms. The van der Waals surface area contributed by atoms with E-state index in [2.05, 4.69) is 73.1 Å². The van der Waals surface area contributed by atoms with Gasteiger partial charge in [0.15, 0.2) is 0 Å². The molecule has 1 aliphatic rings. The van der Waals surface area contributed by atoms with Crippen molar-refractivity contribution >= 4 is 34.0 Å². The van der Waals surface area contributed by atoms with Crippen LogP contribution in [-0.2, 0) is 13.0 Å². The molecule has 4 rings (SSSR count). The average molecular weight is 337 g/mol. The predicted molar refractivity (Wildman–Crippen MR) is 106 cm³/mol. The molecule has 0 saturated heterocycles. The summed E-state index contributed by atoms with van der Waals surface area (Å²) >= 11 is 1.84. The van der Waals surface area contributed by atoms with Gasteiger partial charge in [0.2, 0.25) is 0 Å². The molecule has 0 bridgehead atoms. The van der Waals surface area contributed by atoms with Crippen molar-refractivity contribution in [2.75, 3.05) is 13.6 Å². The maximum Gasteiger partial charge on any atom is 0.0529 e. The van der Waals surface area contributed by atoms with Gasteiger partial charge >= 0.3 is 0 Å². The van der Waals surface area contributed by atoms with Crippen molar-refractivity contribution in [3.8, 4) is 0 Å². The molecule has 1 aliphatic heterocycles. The van der Waals surface area contributed by atoms with Gasteiger partial charge in [-0.2, -0.15) is 0 Å². The highest BCUT2D eigenvalue weighted by Gasteiger charge is 2.21. The number of nitrogens with zero attached hydrogens (tertiary/aromatic N) is 2. The second kappa shape index (κ2) is 5.91. The standard InChI is InChI=1S/C21H24N2S/c1-14-5-6-19-17(9-14)18-12-22(4)8-7-20(18)23(19)11-16(3)21-10-15(2)13-24-21/h5-6,9-11,13H,7-8,12H2,1-4H3/b16-11-. The SMILES string of the molecule is C/C(=C/n1c2c(c3cc(C)ccc31)CN(C)CC2)c1cc(C)cs1. The summed E-state index contributed by atoms with van der Waals surface area (Å²) in [6, 6.07) is 9.15. The maximum atomic E-state index is 2.45. The van der Waals surface area contributed by atoms with Crippen LogP contribution < -0.4 is 0 Å². The lowest BCUT2D eigenvalue weighted by molar-refractivity contribution is 0.312. The highest BCUT2D eigenvalue weighted by atomic mass is 32.1. The second-order valence-corrected chi connectivity index (χ2v) is 8.02. The zero-order valence-electron chi connectivity index (χ0n) is 14.9. The van der Waals surface area contributed by atoms with Crippen molar-refractivity contribution < 1.29 is 0 Å². The molecule has 2 nitrogen and oxygen atoms in total. The average Bonchev–Trinajstić information content (AvgIpc) is 3.10. The minimum Gasteiger partial charge on any atom is -0.320 e. The molecule has 3 aromatic rings. The molecule has 2 aromatic heterocycles. The molecule has 0 atom stereocenters. The quantitative estimate of drug-likeness (QED) is 0.614. The Hall–Kier alpha value is -1.84. The largest absolute Gasteiger partial charge is 0.320 e. The van der Waals surface area contributed by atoms with Gasteiger partial charge in [0.1, 0.15) is 0 Å². The number of benzene rings is 1. The van der Waals surface area contributed by atoms with E-state index in [1.54, 1.807) is 0 Å². The zero-order chi connectivity index (χ0) is 16.8. The van der Waals surface area contributed by atoms with Crippen LogP contribution in [0.25, 0.3) is 22.7 Å². The first-order valence-electron chi connectivity index (χ1n) is 8.57. The first-order valence-corrected chi connectivity index (χ1v) is 9.45. The van der Waals surface area contributed by atoms with E-state index < -0.39 is 0 Å². The lowest BCUT2D eigenvalue weighted by atomic mass is 10.0. The fourth-order valence-corrected chi connectivity index (χ4v) is 4.56. The van der Waals surface area contributed by atoms with E-state index in [-0.39, 0.29) is 0 Å². The molecular formula is C21H24N2S. The van der Waals surface area contributed by atoms with Gasteiger partial charge in [-0.3, -0.25) is 0 Å². The molecule has 0 fully saturated rings. The fourth-order valence-electron chi connectivity index (χ4n) is 3.68. The van der Waals surface area contributed by atoms with Crippen LogP contribution in [0.3, 0.4) is 0 Å². The van der Waals surface area contributed by atoms with E-state index in [0.29, 0.717) is 0 Å². The van der Waals surface area contributed by atoms with Crippen LogP contribution in [0.2, 0.25) is 0 Å². The van der Waals surface area contributed by atoms with E-state index in [0.717, 1.165) is 19.5 Å². The molecule has 0 unspecified atom stereocenters. The Morgan fingerprint density at radius 2 is 2.00 bits per heavy atom. The first-order chi connectivity index (χ1) is 11.5. The number of hydrogen-bond acceptors (Lipinski definition) is 2. The molecule has 0 aliphatic carbocycles. The molecule has 124 valence electrons. The monoisotopic (exact) mass is 336 g/mol. The third-order valence-electron chi connectivity index (χ3n) is 4.98. The van der Waals surface area contributed by atoms with Crippen molar-refractivity contribution in [3.63, 3.8) is 0 Å². The Balaban J connectivity index is 1.92. The Morgan fingerprint density at radius 3 is 2.75 bits per heavy atom. The van der Waals surface area contributed by atoms with Gasteiger partial charge in [-0.15, -0.1) is 11.3 Å². The number of rotatable bonds is 2. The van der Waals surface area contributed by atoms with Crippen LogP contribution >= 0.6 is 11.3 Å². The smallest absolute Gasteiger partial charge is 0.0529 e. The Labute approximate surface area is 148 Å². The van der Waals surface area contributed by atoms with Crippen LogP contribution in [0.4, 0.5) is 0 Å². The number of thiophene rings is 1. The lowest BCUT2D eigenvalue weighted by Crippen LogP contribution is -2.26. The van der Waals surface area contributed by atoms with E-state index >= 15 is 0 Å². The number of fused-ring (bicyclic) bond motifs is 3. The zero-order valence-corrected chi connectivity index (χ0v) is 15.7. The van der Waals surface area contributed by atoms with Crippen molar-refractivity contribution in [2.45, 2.75) is 33.7 Å². The maximum absolute atomic E-state index is 2.45. The normalized spacial score (nSPS) is 15.9. The van der Waals surface area contributed by atoms with E-state index in [4.69, 9.17) is 0 Å². The molecule has 1 aromatic carbocycles. The highest BCUT2D eigenvalue weighted by Crippen LogP contribution is 2.33. The molecule has 3 heteroatoms. The van der Waals surface area contributed by atoms with E-state index in [9.17, 15) is 0 Å². The molecule has 3 heterocycles. The topological polar surface area (TPSA) is 8.17 Å². The van der Waals surface area contributed by atoms with Gasteiger partial charge in [-0.1, -0.05) is 11.6 Å². The number of hydrogen-bond donors (Lipinski definition) is 0. The van der Waals surface area contributed by atoms with Crippen LogP contribution in [0, 0.1) is 13.8 Å². The number of aromatic nitrogens is 1. The van der Waals surface area contributed by atoms with Gasteiger partial charge < -0.3 is 9.47 Å². The Morgan fingerprint density at radius 1 is 1.17 bits per heavy atom. The summed E-state index contributed by atoms with van der Waals surface area (Å²) in [5.41, 5.74) is 8.36. The fraction of sp³-hybridized carbons (Fsp3) is 0.333. The third-order valence-corrected chi connectivity index (χ3v) is 6.16. The molecular weight excluding hydrogens is 312 g/mol. The number of likely N-dealkylation sites (N-methyl/N-ethyl adjacent to an activating group) is 1. The summed E-state index contributed by atoms with van der Waals surface area (Å²) in [6.07, 6.45) is 3.46.